The molecule has 1 aromatic heterocycles. The van der Waals surface area contributed by atoms with Crippen LogP contribution in [0.15, 0.2) is 24.3 Å². The third kappa shape index (κ3) is 3.64. The standard InChI is InChI=1S/C20H28N2O2/c1-3-24-20(23)11-5-4-8-13-22-18-10-7-6-9-16(18)17-12-14-21(2)15-19(17)22/h6-7,9-10H,3-5,8,11-15H2,1-2H3. The van der Waals surface area contributed by atoms with Crippen LogP contribution >= 0.6 is 0 Å². The Balaban J connectivity index is 1.66. The van der Waals surface area contributed by atoms with Crippen molar-refractivity contribution in [1.29, 1.82) is 0 Å². The lowest BCUT2D eigenvalue weighted by Crippen LogP contribution is -2.27. The molecule has 0 fully saturated rings. The average Bonchev–Trinajstić information content (AvgIpc) is 2.88. The van der Waals surface area contributed by atoms with Crippen molar-refractivity contribution in [2.75, 3.05) is 20.2 Å². The van der Waals surface area contributed by atoms with Gasteiger partial charge in [-0.15, -0.1) is 0 Å². The highest BCUT2D eigenvalue weighted by Gasteiger charge is 2.21. The highest BCUT2D eigenvalue weighted by Crippen LogP contribution is 2.30. The Labute approximate surface area is 144 Å². The van der Waals surface area contributed by atoms with Crippen molar-refractivity contribution in [2.24, 2.45) is 0 Å². The largest absolute Gasteiger partial charge is 0.466 e. The number of likely N-dealkylation sites (N-methyl/N-ethyl adjacent to an activating group) is 1. The molecule has 0 N–H and O–H groups in total. The van der Waals surface area contributed by atoms with Crippen LogP contribution in [0.4, 0.5) is 0 Å². The monoisotopic (exact) mass is 328 g/mol. The summed E-state index contributed by atoms with van der Waals surface area (Å²) in [4.78, 5) is 13.8. The SMILES string of the molecule is CCOC(=O)CCCCCn1c2c(c3ccccc31)CCN(C)C2. The molecule has 0 atom stereocenters. The topological polar surface area (TPSA) is 34.5 Å². The van der Waals surface area contributed by atoms with Gasteiger partial charge in [0.15, 0.2) is 0 Å². The molecule has 24 heavy (non-hydrogen) atoms. The summed E-state index contributed by atoms with van der Waals surface area (Å²) in [6.07, 6.45) is 4.77. The van der Waals surface area contributed by atoms with Crippen molar-refractivity contribution in [3.05, 3.63) is 35.5 Å². The van der Waals surface area contributed by atoms with Gasteiger partial charge in [-0.25, -0.2) is 0 Å². The van der Waals surface area contributed by atoms with E-state index in [4.69, 9.17) is 4.74 Å². The van der Waals surface area contributed by atoms with Gasteiger partial charge in [0.25, 0.3) is 0 Å². The predicted molar refractivity (Wildman–Crippen MR) is 97.1 cm³/mol. The Morgan fingerprint density at radius 1 is 1.21 bits per heavy atom. The van der Waals surface area contributed by atoms with Crippen LogP contribution in [0.3, 0.4) is 0 Å². The fourth-order valence-corrected chi connectivity index (χ4v) is 3.73. The molecule has 1 aromatic carbocycles. The van der Waals surface area contributed by atoms with Gasteiger partial charge in [0, 0.05) is 42.7 Å². The van der Waals surface area contributed by atoms with E-state index in [2.05, 4.69) is 40.8 Å². The second-order valence-corrected chi connectivity index (χ2v) is 6.70. The molecular weight excluding hydrogens is 300 g/mol. The zero-order valence-electron chi connectivity index (χ0n) is 14.9. The van der Waals surface area contributed by atoms with Crippen molar-refractivity contribution in [1.82, 2.24) is 9.47 Å². The molecule has 1 aliphatic heterocycles. The van der Waals surface area contributed by atoms with Gasteiger partial charge >= 0.3 is 5.97 Å². The van der Waals surface area contributed by atoms with Crippen LogP contribution in [0.25, 0.3) is 10.9 Å². The number of carbonyl (C=O) groups is 1. The number of aryl methyl sites for hydroxylation is 1. The van der Waals surface area contributed by atoms with Gasteiger partial charge in [0.05, 0.1) is 6.61 Å². The molecule has 2 heterocycles. The first-order valence-corrected chi connectivity index (χ1v) is 9.14. The van der Waals surface area contributed by atoms with Crippen LogP contribution in [0.2, 0.25) is 0 Å². The van der Waals surface area contributed by atoms with Crippen LogP contribution in [0.5, 0.6) is 0 Å². The van der Waals surface area contributed by atoms with Crippen LogP contribution in [-0.4, -0.2) is 35.6 Å². The van der Waals surface area contributed by atoms with Gasteiger partial charge in [-0.2, -0.15) is 0 Å². The first-order chi connectivity index (χ1) is 11.7. The van der Waals surface area contributed by atoms with Crippen LogP contribution in [0.1, 0.15) is 43.9 Å². The van der Waals surface area contributed by atoms with E-state index in [9.17, 15) is 4.79 Å². The van der Waals surface area contributed by atoms with Crippen molar-refractivity contribution in [3.63, 3.8) is 0 Å². The lowest BCUT2D eigenvalue weighted by molar-refractivity contribution is -0.143. The minimum Gasteiger partial charge on any atom is -0.466 e. The predicted octanol–water partition coefficient (Wildman–Crippen LogP) is 3.75. The molecule has 0 bridgehead atoms. The summed E-state index contributed by atoms with van der Waals surface area (Å²) >= 11 is 0. The number of unbranched alkanes of at least 4 members (excludes halogenated alkanes) is 2. The Morgan fingerprint density at radius 2 is 2.04 bits per heavy atom. The number of nitrogens with zero attached hydrogens (tertiary/aromatic N) is 2. The number of benzene rings is 1. The maximum Gasteiger partial charge on any atom is 0.305 e. The molecular formula is C20H28N2O2. The first kappa shape index (κ1) is 17.0. The third-order valence-corrected chi connectivity index (χ3v) is 4.93. The molecule has 1 aliphatic rings. The summed E-state index contributed by atoms with van der Waals surface area (Å²) in [6.45, 7) is 5.54. The number of hydrogen-bond donors (Lipinski definition) is 0. The minimum atomic E-state index is -0.0667. The Bertz CT molecular complexity index is 705. The lowest BCUT2D eigenvalue weighted by atomic mass is 10.0. The molecule has 4 heteroatoms. The number of esters is 1. The van der Waals surface area contributed by atoms with E-state index < -0.39 is 0 Å². The van der Waals surface area contributed by atoms with E-state index in [0.29, 0.717) is 13.0 Å². The highest BCUT2D eigenvalue weighted by molar-refractivity contribution is 5.85. The summed E-state index contributed by atoms with van der Waals surface area (Å²) in [5.41, 5.74) is 4.38. The van der Waals surface area contributed by atoms with Gasteiger partial charge in [0.1, 0.15) is 0 Å². The second kappa shape index (κ2) is 7.84. The molecule has 130 valence electrons. The molecule has 0 saturated carbocycles. The van der Waals surface area contributed by atoms with E-state index in [0.717, 1.165) is 45.3 Å². The number of aromatic nitrogens is 1. The van der Waals surface area contributed by atoms with E-state index in [1.54, 1.807) is 0 Å². The number of fused-ring (bicyclic) bond motifs is 3. The summed E-state index contributed by atoms with van der Waals surface area (Å²) in [6, 6.07) is 8.78. The fraction of sp³-hybridized carbons (Fsp3) is 0.550. The van der Waals surface area contributed by atoms with Gasteiger partial charge < -0.3 is 14.2 Å². The lowest BCUT2D eigenvalue weighted by Gasteiger charge is -2.24. The summed E-state index contributed by atoms with van der Waals surface area (Å²) in [5, 5.41) is 1.42. The zero-order chi connectivity index (χ0) is 16.9. The number of rotatable bonds is 7. The van der Waals surface area contributed by atoms with Crippen molar-refractivity contribution in [2.45, 2.75) is 52.1 Å². The van der Waals surface area contributed by atoms with Crippen molar-refractivity contribution in [3.8, 4) is 0 Å². The van der Waals surface area contributed by atoms with Gasteiger partial charge in [-0.05, 0) is 44.9 Å². The van der Waals surface area contributed by atoms with Crippen molar-refractivity contribution >= 4 is 16.9 Å². The second-order valence-electron chi connectivity index (χ2n) is 6.70. The maximum absolute atomic E-state index is 11.4. The molecule has 0 spiro atoms. The molecule has 0 aliphatic carbocycles. The van der Waals surface area contributed by atoms with E-state index in [1.807, 2.05) is 6.92 Å². The average molecular weight is 328 g/mol. The number of carbonyl (C=O) groups excluding carboxylic acids is 1. The first-order valence-electron chi connectivity index (χ1n) is 9.14. The van der Waals surface area contributed by atoms with Gasteiger partial charge in [0.2, 0.25) is 0 Å². The summed E-state index contributed by atoms with van der Waals surface area (Å²) in [5.74, 6) is -0.0667. The van der Waals surface area contributed by atoms with Gasteiger partial charge in [-0.1, -0.05) is 24.6 Å². The molecule has 0 radical (unpaired) electrons. The minimum absolute atomic E-state index is 0.0667. The van der Waals surface area contributed by atoms with Crippen LogP contribution in [-0.2, 0) is 29.0 Å². The Kier molecular flexibility index (Phi) is 5.56. The molecule has 0 saturated heterocycles. The van der Waals surface area contributed by atoms with Gasteiger partial charge in [-0.3, -0.25) is 4.79 Å². The highest BCUT2D eigenvalue weighted by atomic mass is 16.5. The smallest absolute Gasteiger partial charge is 0.305 e. The quantitative estimate of drug-likeness (QED) is 0.573. The summed E-state index contributed by atoms with van der Waals surface area (Å²) < 4.78 is 7.49. The third-order valence-electron chi connectivity index (χ3n) is 4.93. The molecule has 2 aromatic rings. The normalized spacial score (nSPS) is 14.8. The van der Waals surface area contributed by atoms with E-state index in [1.165, 1.54) is 22.2 Å². The molecule has 0 unspecified atom stereocenters. The molecule has 3 rings (SSSR count). The van der Waals surface area contributed by atoms with E-state index in [-0.39, 0.29) is 5.97 Å². The van der Waals surface area contributed by atoms with Crippen LogP contribution in [0, 0.1) is 0 Å². The Hall–Kier alpha value is -1.81. The number of hydrogen-bond acceptors (Lipinski definition) is 3. The van der Waals surface area contributed by atoms with E-state index >= 15 is 0 Å². The number of ether oxygens (including phenoxy) is 1. The Morgan fingerprint density at radius 3 is 2.88 bits per heavy atom. The molecule has 0 amide bonds. The maximum atomic E-state index is 11.4. The fourth-order valence-electron chi connectivity index (χ4n) is 3.73. The molecule has 4 nitrogen and oxygen atoms in total. The zero-order valence-corrected chi connectivity index (χ0v) is 14.9. The number of para-hydroxylation sites is 1. The van der Waals surface area contributed by atoms with Crippen molar-refractivity contribution < 1.29 is 9.53 Å². The summed E-state index contributed by atoms with van der Waals surface area (Å²) in [7, 11) is 2.20. The van der Waals surface area contributed by atoms with Crippen LogP contribution < -0.4 is 0 Å².